The molecule has 0 saturated heterocycles. The van der Waals surface area contributed by atoms with Crippen LogP contribution in [0.3, 0.4) is 0 Å². The molecule has 3 rings (SSSR count). The van der Waals surface area contributed by atoms with Crippen molar-refractivity contribution in [3.63, 3.8) is 0 Å². The summed E-state index contributed by atoms with van der Waals surface area (Å²) in [6.45, 7) is 3.90. The highest BCUT2D eigenvalue weighted by molar-refractivity contribution is 6.34. The van der Waals surface area contributed by atoms with Crippen LogP contribution in [0.1, 0.15) is 23.1 Å². The number of hydrogen-bond donors (Lipinski definition) is 1. The Morgan fingerprint density at radius 3 is 2.83 bits per heavy atom. The summed E-state index contributed by atoms with van der Waals surface area (Å²) in [4.78, 5) is 17.5. The minimum atomic E-state index is -0.809. The van der Waals surface area contributed by atoms with Gasteiger partial charge in [-0.1, -0.05) is 40.5 Å². The molecule has 0 aliphatic carbocycles. The summed E-state index contributed by atoms with van der Waals surface area (Å²) in [6, 6.07) is 10.1. The molecule has 0 saturated carbocycles. The van der Waals surface area contributed by atoms with Gasteiger partial charge in [0, 0.05) is 12.1 Å². The molecule has 2 aromatic carbocycles. The van der Waals surface area contributed by atoms with Crippen LogP contribution in [-0.2, 0) is 9.63 Å². The van der Waals surface area contributed by atoms with E-state index >= 15 is 0 Å². The molecule has 1 heterocycles. The van der Waals surface area contributed by atoms with Crippen molar-refractivity contribution in [3.8, 4) is 0 Å². The molecule has 0 fully saturated rings. The molecule has 4 nitrogen and oxygen atoms in total. The van der Waals surface area contributed by atoms with E-state index in [2.05, 4.69) is 10.5 Å². The van der Waals surface area contributed by atoms with Crippen molar-refractivity contribution < 1.29 is 14.0 Å². The number of nitrogens with zero attached hydrogens (tertiary/aromatic N) is 1. The van der Waals surface area contributed by atoms with E-state index in [4.69, 9.17) is 16.4 Å². The third-order valence-corrected chi connectivity index (χ3v) is 4.17. The largest absolute Gasteiger partial charge is 0.382 e. The average molecular weight is 347 g/mol. The number of amides is 1. The molecule has 1 N–H and O–H groups in total. The second-order valence-electron chi connectivity index (χ2n) is 5.74. The molecule has 0 radical (unpaired) electrons. The van der Waals surface area contributed by atoms with E-state index in [1.807, 2.05) is 32.0 Å². The maximum atomic E-state index is 13.9. The van der Waals surface area contributed by atoms with E-state index in [9.17, 15) is 9.18 Å². The Labute approximate surface area is 144 Å². The van der Waals surface area contributed by atoms with Gasteiger partial charge in [-0.15, -0.1) is 0 Å². The second kappa shape index (κ2) is 6.61. The highest BCUT2D eigenvalue weighted by Gasteiger charge is 2.31. The first-order valence-corrected chi connectivity index (χ1v) is 7.88. The average Bonchev–Trinajstić information content (AvgIpc) is 2.99. The Kier molecular flexibility index (Phi) is 4.53. The fraction of sp³-hybridized carbons (Fsp3) is 0.222. The molecule has 2 aromatic rings. The molecular weight excluding hydrogens is 331 g/mol. The van der Waals surface area contributed by atoms with Crippen LogP contribution in [0.5, 0.6) is 0 Å². The smallest absolute Gasteiger partial charge is 0.268 e. The van der Waals surface area contributed by atoms with Crippen LogP contribution in [0.25, 0.3) is 0 Å². The van der Waals surface area contributed by atoms with Crippen LogP contribution in [0.4, 0.5) is 10.1 Å². The van der Waals surface area contributed by atoms with Gasteiger partial charge in [-0.05, 0) is 37.6 Å². The Morgan fingerprint density at radius 2 is 2.12 bits per heavy atom. The van der Waals surface area contributed by atoms with Crippen molar-refractivity contribution in [1.29, 1.82) is 0 Å². The summed E-state index contributed by atoms with van der Waals surface area (Å²) in [7, 11) is 0. The SMILES string of the molecule is Cc1ccc(NC(=O)[C@@H]2CC(c3c(F)cccc3Cl)=NO2)c(C)c1. The van der Waals surface area contributed by atoms with E-state index in [0.29, 0.717) is 11.4 Å². The lowest BCUT2D eigenvalue weighted by Crippen LogP contribution is -2.28. The first-order valence-electron chi connectivity index (χ1n) is 7.51. The van der Waals surface area contributed by atoms with Crippen molar-refractivity contribution in [2.45, 2.75) is 26.4 Å². The summed E-state index contributed by atoms with van der Waals surface area (Å²) in [5.41, 5.74) is 3.30. The molecule has 0 bridgehead atoms. The summed E-state index contributed by atoms with van der Waals surface area (Å²) in [6.07, 6.45) is -0.645. The Balaban J connectivity index is 1.71. The highest BCUT2D eigenvalue weighted by Crippen LogP contribution is 2.26. The van der Waals surface area contributed by atoms with Crippen molar-refractivity contribution in [3.05, 3.63) is 63.9 Å². The fourth-order valence-corrected chi connectivity index (χ4v) is 2.88. The molecular formula is C18H16ClFN2O2. The summed E-state index contributed by atoms with van der Waals surface area (Å²) in [5.74, 6) is -0.812. The minimum Gasteiger partial charge on any atom is -0.382 e. The predicted octanol–water partition coefficient (Wildman–Crippen LogP) is 4.23. The Morgan fingerprint density at radius 1 is 1.33 bits per heavy atom. The Hall–Kier alpha value is -2.40. The maximum absolute atomic E-state index is 13.9. The standard InChI is InChI=1S/C18H16ClFN2O2/c1-10-6-7-14(11(2)8-10)21-18(23)16-9-15(22-24-16)17-12(19)4-3-5-13(17)20/h3-8,16H,9H2,1-2H3,(H,21,23)/t16-/m0/s1. The molecule has 1 aliphatic heterocycles. The van der Waals surface area contributed by atoms with Gasteiger partial charge in [0.2, 0.25) is 6.10 Å². The third-order valence-electron chi connectivity index (χ3n) is 3.85. The van der Waals surface area contributed by atoms with Gasteiger partial charge in [-0.25, -0.2) is 4.39 Å². The molecule has 1 aliphatic rings. The first-order chi connectivity index (χ1) is 11.5. The molecule has 1 amide bonds. The number of halogens is 2. The lowest BCUT2D eigenvalue weighted by Gasteiger charge is -2.12. The number of rotatable bonds is 3. The van der Waals surface area contributed by atoms with Crippen LogP contribution < -0.4 is 5.32 Å². The van der Waals surface area contributed by atoms with Gasteiger partial charge in [0.05, 0.1) is 16.3 Å². The normalized spacial score (nSPS) is 16.5. The van der Waals surface area contributed by atoms with E-state index < -0.39 is 11.9 Å². The number of hydrogen-bond acceptors (Lipinski definition) is 3. The zero-order valence-electron chi connectivity index (χ0n) is 13.3. The number of nitrogens with one attached hydrogen (secondary N) is 1. The van der Waals surface area contributed by atoms with Gasteiger partial charge in [0.25, 0.3) is 5.91 Å². The second-order valence-corrected chi connectivity index (χ2v) is 6.15. The molecule has 0 unspecified atom stereocenters. The zero-order valence-corrected chi connectivity index (χ0v) is 14.0. The van der Waals surface area contributed by atoms with Crippen LogP contribution >= 0.6 is 11.6 Å². The van der Waals surface area contributed by atoms with E-state index in [-0.39, 0.29) is 22.9 Å². The number of anilines is 1. The van der Waals surface area contributed by atoms with Crippen LogP contribution in [-0.4, -0.2) is 17.7 Å². The number of carbonyl (C=O) groups excluding carboxylic acids is 1. The zero-order chi connectivity index (χ0) is 17.3. The lowest BCUT2D eigenvalue weighted by atomic mass is 10.0. The first kappa shape index (κ1) is 16.5. The van der Waals surface area contributed by atoms with Crippen LogP contribution in [0.2, 0.25) is 5.02 Å². The predicted molar refractivity (Wildman–Crippen MR) is 92.0 cm³/mol. The van der Waals surface area contributed by atoms with Gasteiger partial charge in [0.15, 0.2) is 0 Å². The lowest BCUT2D eigenvalue weighted by molar-refractivity contribution is -0.125. The van der Waals surface area contributed by atoms with Crippen LogP contribution in [0.15, 0.2) is 41.6 Å². The number of carbonyl (C=O) groups is 1. The molecule has 124 valence electrons. The molecule has 24 heavy (non-hydrogen) atoms. The molecule has 6 heteroatoms. The monoisotopic (exact) mass is 346 g/mol. The Bertz CT molecular complexity index is 816. The number of oxime groups is 1. The van der Waals surface area contributed by atoms with Crippen molar-refractivity contribution in [2.24, 2.45) is 5.16 Å². The van der Waals surface area contributed by atoms with Crippen molar-refractivity contribution in [2.75, 3.05) is 5.32 Å². The van der Waals surface area contributed by atoms with Gasteiger partial charge in [-0.3, -0.25) is 4.79 Å². The quantitative estimate of drug-likeness (QED) is 0.904. The van der Waals surface area contributed by atoms with Crippen LogP contribution in [0, 0.1) is 19.7 Å². The fourth-order valence-electron chi connectivity index (χ4n) is 2.61. The van der Waals surface area contributed by atoms with E-state index in [1.165, 1.54) is 12.1 Å². The number of aryl methyl sites for hydroxylation is 2. The third kappa shape index (κ3) is 3.26. The van der Waals surface area contributed by atoms with Gasteiger partial charge < -0.3 is 10.2 Å². The van der Waals surface area contributed by atoms with E-state index in [0.717, 1.165) is 11.1 Å². The summed E-state index contributed by atoms with van der Waals surface area (Å²) >= 11 is 6.03. The van der Waals surface area contributed by atoms with E-state index in [1.54, 1.807) is 6.07 Å². The molecule has 1 atom stereocenters. The number of benzene rings is 2. The van der Waals surface area contributed by atoms with Crippen molar-refractivity contribution in [1.82, 2.24) is 0 Å². The minimum absolute atomic E-state index is 0.164. The molecule has 0 spiro atoms. The maximum Gasteiger partial charge on any atom is 0.268 e. The summed E-state index contributed by atoms with van der Waals surface area (Å²) in [5, 5.41) is 6.90. The van der Waals surface area contributed by atoms with Crippen molar-refractivity contribution >= 4 is 28.9 Å². The van der Waals surface area contributed by atoms with Gasteiger partial charge in [-0.2, -0.15) is 0 Å². The molecule has 0 aromatic heterocycles. The summed E-state index contributed by atoms with van der Waals surface area (Å²) < 4.78 is 13.9. The van der Waals surface area contributed by atoms with Gasteiger partial charge >= 0.3 is 0 Å². The topological polar surface area (TPSA) is 50.7 Å². The highest BCUT2D eigenvalue weighted by atomic mass is 35.5. The van der Waals surface area contributed by atoms with Gasteiger partial charge in [0.1, 0.15) is 5.82 Å².